The van der Waals surface area contributed by atoms with Crippen LogP contribution in [-0.2, 0) is 4.79 Å². The van der Waals surface area contributed by atoms with Crippen LogP contribution in [0.2, 0.25) is 0 Å². The normalized spacial score (nSPS) is 29.7. The highest BCUT2D eigenvalue weighted by molar-refractivity contribution is 5.75. The van der Waals surface area contributed by atoms with Crippen LogP contribution in [0.15, 0.2) is 23.8 Å². The molecule has 0 aromatic rings. The number of aliphatic hydroxyl groups excluding tert-OH is 2. The first kappa shape index (κ1) is 20.2. The van der Waals surface area contributed by atoms with Gasteiger partial charge < -0.3 is 15.1 Å². The van der Waals surface area contributed by atoms with E-state index in [0.717, 1.165) is 44.9 Å². The number of carbonyl (C=O) groups is 1. The number of rotatable bonds is 9. The molecule has 4 heteroatoms. The first-order valence-corrected chi connectivity index (χ1v) is 9.86. The minimum atomic E-state index is -0.390. The van der Waals surface area contributed by atoms with E-state index < -0.39 is 0 Å². The Labute approximate surface area is 152 Å². The minimum absolute atomic E-state index is 0.167. The highest BCUT2D eigenvalue weighted by Gasteiger charge is 2.43. The summed E-state index contributed by atoms with van der Waals surface area (Å²) in [5.74, 6) is 1.33. The van der Waals surface area contributed by atoms with Gasteiger partial charge in [-0.2, -0.15) is 0 Å². The summed E-state index contributed by atoms with van der Waals surface area (Å²) in [7, 11) is 3.61. The van der Waals surface area contributed by atoms with Crippen molar-refractivity contribution in [2.45, 2.75) is 70.5 Å². The van der Waals surface area contributed by atoms with Crippen molar-refractivity contribution < 1.29 is 15.0 Å². The Morgan fingerprint density at radius 3 is 2.84 bits per heavy atom. The molecule has 0 saturated heterocycles. The molecule has 0 spiro atoms. The molecule has 4 nitrogen and oxygen atoms in total. The van der Waals surface area contributed by atoms with Crippen molar-refractivity contribution in [3.8, 4) is 0 Å². The Morgan fingerprint density at radius 1 is 1.40 bits per heavy atom. The summed E-state index contributed by atoms with van der Waals surface area (Å²) in [4.78, 5) is 13.3. The van der Waals surface area contributed by atoms with Gasteiger partial charge >= 0.3 is 0 Å². The van der Waals surface area contributed by atoms with Gasteiger partial charge in [-0.25, -0.2) is 0 Å². The highest BCUT2D eigenvalue weighted by Crippen LogP contribution is 2.48. The third-order valence-electron chi connectivity index (χ3n) is 5.73. The molecule has 2 N–H and O–H groups in total. The van der Waals surface area contributed by atoms with E-state index in [2.05, 4.69) is 19.1 Å². The molecule has 0 radical (unpaired) electrons. The van der Waals surface area contributed by atoms with Crippen LogP contribution in [0.5, 0.6) is 0 Å². The van der Waals surface area contributed by atoms with E-state index in [1.165, 1.54) is 5.57 Å². The molecule has 2 rings (SSSR count). The maximum atomic E-state index is 11.6. The molecule has 0 aromatic carbocycles. The van der Waals surface area contributed by atoms with Crippen LogP contribution in [0.3, 0.4) is 0 Å². The minimum Gasteiger partial charge on any atom is -0.392 e. The zero-order chi connectivity index (χ0) is 18.4. The number of hydrogen-bond donors (Lipinski definition) is 2. The van der Waals surface area contributed by atoms with Gasteiger partial charge in [0.25, 0.3) is 0 Å². The van der Waals surface area contributed by atoms with E-state index in [4.69, 9.17) is 0 Å². The van der Waals surface area contributed by atoms with Crippen molar-refractivity contribution in [1.29, 1.82) is 0 Å². The fourth-order valence-electron chi connectivity index (χ4n) is 4.29. The zero-order valence-electron chi connectivity index (χ0n) is 16.0. The van der Waals surface area contributed by atoms with Crippen LogP contribution >= 0.6 is 0 Å². The van der Waals surface area contributed by atoms with Crippen molar-refractivity contribution in [1.82, 2.24) is 4.90 Å². The lowest BCUT2D eigenvalue weighted by Gasteiger charge is -2.19. The van der Waals surface area contributed by atoms with E-state index in [1.807, 2.05) is 6.08 Å². The first-order chi connectivity index (χ1) is 11.9. The summed E-state index contributed by atoms with van der Waals surface area (Å²) in [6.07, 6.45) is 13.0. The summed E-state index contributed by atoms with van der Waals surface area (Å²) in [6, 6.07) is 0. The van der Waals surface area contributed by atoms with Gasteiger partial charge in [-0.3, -0.25) is 4.79 Å². The molecule has 0 aliphatic heterocycles. The smallest absolute Gasteiger partial charge is 0.222 e. The lowest BCUT2D eigenvalue weighted by atomic mass is 9.88. The molecule has 25 heavy (non-hydrogen) atoms. The number of unbranched alkanes of at least 4 members (excludes halogenated alkanes) is 1. The first-order valence-electron chi connectivity index (χ1n) is 9.86. The largest absolute Gasteiger partial charge is 0.392 e. The van der Waals surface area contributed by atoms with Crippen molar-refractivity contribution >= 4 is 5.91 Å². The predicted molar refractivity (Wildman–Crippen MR) is 101 cm³/mol. The second kappa shape index (κ2) is 9.54. The van der Waals surface area contributed by atoms with E-state index in [1.54, 1.807) is 19.0 Å². The van der Waals surface area contributed by atoms with Crippen LogP contribution in [0.25, 0.3) is 0 Å². The van der Waals surface area contributed by atoms with Crippen molar-refractivity contribution in [3.63, 3.8) is 0 Å². The predicted octanol–water partition coefficient (Wildman–Crippen LogP) is 3.30. The van der Waals surface area contributed by atoms with Gasteiger partial charge in [-0.05, 0) is 50.4 Å². The van der Waals surface area contributed by atoms with Crippen molar-refractivity contribution in [2.75, 3.05) is 14.1 Å². The van der Waals surface area contributed by atoms with E-state index >= 15 is 0 Å². The number of amides is 1. The zero-order valence-corrected chi connectivity index (χ0v) is 16.0. The number of allylic oxidation sites excluding steroid dienone is 2. The lowest BCUT2D eigenvalue weighted by Crippen LogP contribution is -2.21. The molecule has 0 unspecified atom stereocenters. The Hall–Kier alpha value is -1.13. The second-order valence-corrected chi connectivity index (χ2v) is 7.97. The van der Waals surface area contributed by atoms with Gasteiger partial charge in [-0.1, -0.05) is 37.1 Å². The topological polar surface area (TPSA) is 60.8 Å². The average molecular weight is 350 g/mol. The fraction of sp³-hybridized carbons (Fsp3) is 0.762. The van der Waals surface area contributed by atoms with Crippen LogP contribution < -0.4 is 0 Å². The maximum Gasteiger partial charge on any atom is 0.222 e. The molecular weight excluding hydrogens is 314 g/mol. The van der Waals surface area contributed by atoms with Gasteiger partial charge in [0, 0.05) is 26.4 Å². The third-order valence-corrected chi connectivity index (χ3v) is 5.73. The molecule has 2 aliphatic carbocycles. The summed E-state index contributed by atoms with van der Waals surface area (Å²) in [5.41, 5.74) is 1.49. The Balaban J connectivity index is 1.78. The van der Waals surface area contributed by atoms with Crippen LogP contribution in [-0.4, -0.2) is 47.3 Å². The standard InChI is InChI=1S/C21H35NO3/c1-4-7-17(23)10-11-18-19-13-15(12-16(19)14-20(18)24)8-5-6-9-21(25)22(2)3/h10-12,16-20,23-24H,4-9,13-14H2,1-3H3/t16-,17-,18+,19-,20+/m0/s1. The molecule has 0 heterocycles. The van der Waals surface area contributed by atoms with Gasteiger partial charge in [-0.15, -0.1) is 0 Å². The van der Waals surface area contributed by atoms with Crippen molar-refractivity contribution in [3.05, 3.63) is 23.8 Å². The Morgan fingerprint density at radius 2 is 2.16 bits per heavy atom. The third kappa shape index (κ3) is 5.68. The van der Waals surface area contributed by atoms with Crippen molar-refractivity contribution in [2.24, 2.45) is 17.8 Å². The molecular formula is C21H35NO3. The van der Waals surface area contributed by atoms with Crippen LogP contribution in [0.4, 0.5) is 0 Å². The number of carbonyl (C=O) groups excluding carboxylic acids is 1. The summed E-state index contributed by atoms with van der Waals surface area (Å²) >= 11 is 0. The van der Waals surface area contributed by atoms with Gasteiger partial charge in [0.2, 0.25) is 5.91 Å². The number of nitrogens with zero attached hydrogens (tertiary/aromatic N) is 1. The molecule has 5 atom stereocenters. The molecule has 0 bridgehead atoms. The SMILES string of the molecule is CCC[C@H](O)C=C[C@@H]1[C@H]2CC(CCCCC(=O)N(C)C)=C[C@H]2C[C@H]1O. The van der Waals surface area contributed by atoms with Crippen LogP contribution in [0.1, 0.15) is 58.3 Å². The molecule has 2 aliphatic rings. The lowest BCUT2D eigenvalue weighted by molar-refractivity contribution is -0.128. The number of fused-ring (bicyclic) bond motifs is 1. The summed E-state index contributed by atoms with van der Waals surface area (Å²) < 4.78 is 0. The molecule has 142 valence electrons. The van der Waals surface area contributed by atoms with Gasteiger partial charge in [0.1, 0.15) is 0 Å². The monoisotopic (exact) mass is 349 g/mol. The van der Waals surface area contributed by atoms with E-state index in [9.17, 15) is 15.0 Å². The van der Waals surface area contributed by atoms with E-state index in [-0.39, 0.29) is 24.0 Å². The number of hydrogen-bond acceptors (Lipinski definition) is 3. The molecule has 1 saturated carbocycles. The highest BCUT2D eigenvalue weighted by atomic mass is 16.3. The quantitative estimate of drug-likeness (QED) is 0.496. The van der Waals surface area contributed by atoms with E-state index in [0.29, 0.717) is 18.3 Å². The number of aliphatic hydroxyl groups is 2. The Kier molecular flexibility index (Phi) is 7.70. The molecule has 1 amide bonds. The second-order valence-electron chi connectivity index (χ2n) is 7.97. The van der Waals surface area contributed by atoms with Gasteiger partial charge in [0.05, 0.1) is 12.2 Å². The summed E-state index contributed by atoms with van der Waals surface area (Å²) in [6.45, 7) is 2.07. The fourth-order valence-corrected chi connectivity index (χ4v) is 4.29. The Bertz CT molecular complexity index is 497. The molecule has 0 aromatic heterocycles. The van der Waals surface area contributed by atoms with Crippen LogP contribution in [0, 0.1) is 17.8 Å². The average Bonchev–Trinajstić information content (AvgIpc) is 3.06. The molecule has 1 fully saturated rings. The maximum absolute atomic E-state index is 11.6. The summed E-state index contributed by atoms with van der Waals surface area (Å²) in [5, 5.41) is 20.2. The van der Waals surface area contributed by atoms with Gasteiger partial charge in [0.15, 0.2) is 0 Å².